The smallest absolute Gasteiger partial charge is 0.311 e. The third kappa shape index (κ3) is 16.1. The molecule has 0 spiro atoms. The first kappa shape index (κ1) is 73.0. The van der Waals surface area contributed by atoms with Gasteiger partial charge >= 0.3 is 11.6 Å². The molecule has 10 N–H and O–H groups in total. The highest BCUT2D eigenvalue weighted by Gasteiger charge is 2.26. The molecule has 0 saturated carbocycles. The number of hydrogen-bond acceptors (Lipinski definition) is 23. The number of nitrogens with one attached hydrogen (secondary N) is 6. The fraction of sp³-hybridized carbons (Fsp3) is 0.122. The fourth-order valence-electron chi connectivity index (χ4n) is 12.2. The van der Waals surface area contributed by atoms with Crippen LogP contribution in [0.2, 0.25) is 0 Å². The van der Waals surface area contributed by atoms with E-state index in [-0.39, 0.29) is 5.91 Å². The van der Waals surface area contributed by atoms with Gasteiger partial charge in [-0.3, -0.25) is 34.3 Å². The molecular formula is C82H67N24O6+. The summed E-state index contributed by atoms with van der Waals surface area (Å²) in [6.45, 7) is 13.3. The molecule has 0 bridgehead atoms. The van der Waals surface area contributed by atoms with Crippen LogP contribution in [-0.2, 0) is 7.05 Å². The number of rotatable bonds is 18. The molecule has 550 valence electrons. The van der Waals surface area contributed by atoms with Crippen molar-refractivity contribution in [2.45, 2.75) is 48.0 Å². The van der Waals surface area contributed by atoms with Crippen molar-refractivity contribution in [3.63, 3.8) is 0 Å². The summed E-state index contributed by atoms with van der Waals surface area (Å²) in [6, 6.07) is 49.7. The zero-order chi connectivity index (χ0) is 78.3. The zero-order valence-electron chi connectivity index (χ0n) is 61.2. The Labute approximate surface area is 639 Å². The second-order valence-electron chi connectivity index (χ2n) is 26.1. The maximum Gasteiger partial charge on any atom is 0.311 e. The molecule has 1 aliphatic rings. The topological polar surface area (TPSA) is 435 Å². The molecule has 6 aromatic carbocycles. The number of aryl methyl sites for hydroxylation is 7. The third-order valence-corrected chi connectivity index (χ3v) is 18.0. The second-order valence-corrected chi connectivity index (χ2v) is 26.1. The van der Waals surface area contributed by atoms with E-state index in [0.717, 1.165) is 98.0 Å². The van der Waals surface area contributed by atoms with Gasteiger partial charge in [0.25, 0.3) is 23.5 Å². The summed E-state index contributed by atoms with van der Waals surface area (Å²) < 4.78 is 20.8. The Bertz CT molecular complexity index is 6190. The Morgan fingerprint density at radius 3 is 1.09 bits per heavy atom. The molecule has 0 unspecified atom stereocenters. The molecule has 3 amide bonds. The number of aromatic amines is 3. The van der Waals surface area contributed by atoms with Gasteiger partial charge < -0.3 is 56.5 Å². The summed E-state index contributed by atoms with van der Waals surface area (Å²) in [5.41, 5.74) is 29.4. The number of H-pyrrole nitrogens is 3. The van der Waals surface area contributed by atoms with Crippen molar-refractivity contribution in [1.29, 1.82) is 15.8 Å². The molecule has 9 aromatic heterocycles. The van der Waals surface area contributed by atoms with Crippen LogP contribution in [0.1, 0.15) is 87.6 Å². The van der Waals surface area contributed by atoms with E-state index in [9.17, 15) is 14.4 Å². The lowest BCUT2D eigenvalue weighted by molar-refractivity contribution is -0.646. The lowest BCUT2D eigenvalue weighted by Crippen LogP contribution is -2.42. The van der Waals surface area contributed by atoms with Crippen molar-refractivity contribution in [2.24, 2.45) is 18.5 Å². The highest BCUT2D eigenvalue weighted by molar-refractivity contribution is 5.95. The normalized spacial score (nSPS) is 11.4. The van der Waals surface area contributed by atoms with Gasteiger partial charge in [-0.1, -0.05) is 4.98 Å². The number of primary amides is 2. The fourth-order valence-corrected chi connectivity index (χ4v) is 12.2. The van der Waals surface area contributed by atoms with Crippen molar-refractivity contribution in [3.8, 4) is 86.9 Å². The van der Waals surface area contributed by atoms with Gasteiger partial charge in [-0.25, -0.2) is 14.5 Å². The molecular weight excluding hydrogens is 1420 g/mol. The van der Waals surface area contributed by atoms with Crippen LogP contribution in [-0.4, -0.2) is 105 Å². The van der Waals surface area contributed by atoms with Crippen LogP contribution in [0, 0.1) is 75.5 Å². The zero-order valence-corrected chi connectivity index (χ0v) is 61.2. The molecule has 10 heterocycles. The van der Waals surface area contributed by atoms with E-state index in [1.165, 1.54) is 18.7 Å². The summed E-state index contributed by atoms with van der Waals surface area (Å²) in [5.74, 6) is 2.96. The monoisotopic (exact) mass is 1480 g/mol. The first-order chi connectivity index (χ1) is 54.2. The Balaban J connectivity index is 0.000000140. The maximum absolute atomic E-state index is 12.5. The average molecular weight is 1480 g/mol. The molecule has 0 aliphatic carbocycles. The molecule has 1 aliphatic heterocycles. The summed E-state index contributed by atoms with van der Waals surface area (Å²) >= 11 is 0. The standard InChI is InChI=1S/C29H24N8O2.C27H22N8O2.C26H20N8O2/c1-17-12-21(23-9-6-20(15-31-23)28(38)37-10-3-11-37)13-18(2)25(17)39-27-24-26(33-16-32-24)35-29(36-27)34-22-7-4-19(14-30)5-8-22;1-15-10-19(21-9-6-18(13-30-21)24(29)36)11-16(2)23(15)37-26-22-25(35(3)14-31-22)33-27(34-26)32-20-7-4-17(12-28)5-8-20;1-14-9-18(20-8-5-17(12-29-20)23(28)35)10-15(2)22(14)36-25-21-24(31-13-30-21)33-26(34-25)32-19-6-3-16(11-27)4-7-19/h4-9,12-13,15-16H,3,10-11H2,1-2H3,(H2,32,33,34,35,36);4-11,13-14H,1-3H3,(H3,29,32,33,34,36);3-10,12-13H,1-2H3,(H2,28,35)(H2,30,31,32,33,34)/p+1. The lowest BCUT2D eigenvalue weighted by Gasteiger charge is -2.30. The van der Waals surface area contributed by atoms with Gasteiger partial charge in [0.1, 0.15) is 28.3 Å². The van der Waals surface area contributed by atoms with Crippen molar-refractivity contribution in [1.82, 2.24) is 74.7 Å². The number of nitriles is 3. The van der Waals surface area contributed by atoms with Gasteiger partial charge in [-0.2, -0.15) is 40.7 Å². The second kappa shape index (κ2) is 31.7. The Hall–Kier alpha value is -15.9. The van der Waals surface area contributed by atoms with E-state index in [1.807, 2.05) is 107 Å². The molecule has 30 nitrogen and oxygen atoms in total. The number of likely N-dealkylation sites (tertiary alicyclic amines) is 1. The van der Waals surface area contributed by atoms with Crippen molar-refractivity contribution in [3.05, 3.63) is 250 Å². The van der Waals surface area contributed by atoms with Crippen LogP contribution in [0.4, 0.5) is 34.9 Å². The van der Waals surface area contributed by atoms with E-state index in [1.54, 1.807) is 116 Å². The van der Waals surface area contributed by atoms with Crippen LogP contribution in [0.15, 0.2) is 183 Å². The number of nitrogens with two attached hydrogens (primary N) is 2. The third-order valence-electron chi connectivity index (χ3n) is 18.0. The minimum atomic E-state index is -0.520. The number of carbonyl (C=O) groups is 3. The molecule has 1 saturated heterocycles. The van der Waals surface area contributed by atoms with Crippen LogP contribution in [0.5, 0.6) is 34.9 Å². The van der Waals surface area contributed by atoms with Crippen LogP contribution in [0.3, 0.4) is 0 Å². The summed E-state index contributed by atoms with van der Waals surface area (Å²) in [7, 11) is 1.88. The summed E-state index contributed by atoms with van der Waals surface area (Å²) in [4.78, 5) is 95.4. The Morgan fingerprint density at radius 2 is 0.777 bits per heavy atom. The van der Waals surface area contributed by atoms with E-state index in [0.29, 0.717) is 125 Å². The minimum Gasteiger partial charge on any atom is -0.436 e. The number of pyridine rings is 3. The molecule has 0 atom stereocenters. The van der Waals surface area contributed by atoms with E-state index >= 15 is 0 Å². The Kier molecular flexibility index (Phi) is 20.6. The number of nitrogens with zero attached hydrogens (tertiary/aromatic N) is 16. The molecule has 16 rings (SSSR count). The van der Waals surface area contributed by atoms with Crippen LogP contribution < -0.4 is 46.2 Å². The van der Waals surface area contributed by atoms with E-state index < -0.39 is 11.8 Å². The van der Waals surface area contributed by atoms with E-state index in [4.69, 9.17) is 41.5 Å². The first-order valence-corrected chi connectivity index (χ1v) is 34.9. The lowest BCUT2D eigenvalue weighted by atomic mass is 10.0. The van der Waals surface area contributed by atoms with Crippen LogP contribution >= 0.6 is 0 Å². The van der Waals surface area contributed by atoms with Crippen molar-refractivity contribution >= 4 is 86.1 Å². The number of imidazole rings is 3. The average Bonchev–Trinajstić information content (AvgIpc) is 1.54. The SMILES string of the molecule is Cc1cc(-c2ccc(C(=O)N3CCC3)cn2)cc(C)c1Oc1nc(Nc2ccc(C#N)cc2)nc2nc[nH]c12.Cc1cc(-c2ccc(C(N)=O)cn2)cc(C)c1Oc1nc(Nc2ccc(C#N)cc2)nc2c1[nH]c[n+]2C.Cc1cc(-c2ccc(C(N)=O)cn2)cc(C)c1Oc1nc(Nc2ccc(C#N)cc2)nc2nc[nH]c12. The van der Waals surface area contributed by atoms with Gasteiger partial charge in [-0.15, -0.1) is 0 Å². The van der Waals surface area contributed by atoms with Gasteiger partial charge in [0.2, 0.25) is 29.2 Å². The first-order valence-electron chi connectivity index (χ1n) is 34.9. The molecule has 0 radical (unpaired) electrons. The number of ether oxygens (including phenoxy) is 3. The number of benzene rings is 6. The molecule has 112 heavy (non-hydrogen) atoms. The van der Waals surface area contributed by atoms with Crippen LogP contribution in [0.25, 0.3) is 67.3 Å². The Morgan fingerprint density at radius 1 is 0.438 bits per heavy atom. The summed E-state index contributed by atoms with van der Waals surface area (Å²) in [6.07, 6.45) is 10.5. The predicted octanol–water partition coefficient (Wildman–Crippen LogP) is 13.8. The number of carbonyl (C=O) groups excluding carboxylic acids is 3. The van der Waals surface area contributed by atoms with Gasteiger partial charge in [-0.05, 0) is 227 Å². The molecule has 30 heteroatoms. The predicted molar refractivity (Wildman–Crippen MR) is 417 cm³/mol. The molecule has 1 fully saturated rings. The molecule has 15 aromatic rings. The van der Waals surface area contributed by atoms with Gasteiger partial charge in [0.15, 0.2) is 17.6 Å². The summed E-state index contributed by atoms with van der Waals surface area (Å²) in [5, 5.41) is 36.5. The van der Waals surface area contributed by atoms with E-state index in [2.05, 4.69) is 104 Å². The van der Waals surface area contributed by atoms with Gasteiger partial charge in [0.05, 0.1) is 88.4 Å². The van der Waals surface area contributed by atoms with Crippen molar-refractivity contribution in [2.75, 3.05) is 29.0 Å². The van der Waals surface area contributed by atoms with Gasteiger partial charge in [0, 0.05) is 65.4 Å². The quantitative estimate of drug-likeness (QED) is 0.0370. The number of fused-ring (bicyclic) bond motifs is 3. The number of hydrogen-bond donors (Lipinski definition) is 8. The highest BCUT2D eigenvalue weighted by atomic mass is 16.5. The highest BCUT2D eigenvalue weighted by Crippen LogP contribution is 2.39. The number of amides is 3. The maximum atomic E-state index is 12.5. The largest absolute Gasteiger partial charge is 0.436 e. The number of anilines is 6. The number of aromatic nitrogens is 15. The minimum absolute atomic E-state index is 0.0272. The van der Waals surface area contributed by atoms with Crippen molar-refractivity contribution < 1.29 is 33.2 Å².